The first-order chi connectivity index (χ1) is 6.66. The van der Waals surface area contributed by atoms with Gasteiger partial charge in [0, 0.05) is 24.8 Å². The van der Waals surface area contributed by atoms with E-state index in [1.165, 1.54) is 6.07 Å². The average molecular weight is 215 g/mol. The minimum absolute atomic E-state index is 0.169. The second-order valence-electron chi connectivity index (χ2n) is 3.59. The number of benzene rings is 1. The number of nitrogens with two attached hydrogens (primary N) is 1. The maximum Gasteiger partial charge on any atom is 0.141 e. The molecule has 2 nitrogen and oxygen atoms in total. The third-order valence-electron chi connectivity index (χ3n) is 2.49. The van der Waals surface area contributed by atoms with Crippen LogP contribution in [0, 0.1) is 5.82 Å². The Hall–Kier alpha value is -0.800. The maximum absolute atomic E-state index is 12.9. The van der Waals surface area contributed by atoms with E-state index in [0.29, 0.717) is 0 Å². The molecule has 2 rings (SSSR count). The normalized spacial score (nSPS) is 21.6. The standard InChI is InChI=1S/C10H12ClFN2/c11-9-5-8(1-2-10(9)12)14-4-3-7(13)6-14/h1-2,5,7H,3-4,6,13H2/t7-/m1/s1. The first-order valence-corrected chi connectivity index (χ1v) is 5.00. The summed E-state index contributed by atoms with van der Waals surface area (Å²) in [5.41, 5.74) is 6.73. The fraction of sp³-hybridized carbons (Fsp3) is 0.400. The zero-order chi connectivity index (χ0) is 10.1. The Morgan fingerprint density at radius 3 is 2.86 bits per heavy atom. The molecule has 0 amide bonds. The van der Waals surface area contributed by atoms with Crippen LogP contribution in [0.3, 0.4) is 0 Å². The molecule has 1 saturated heterocycles. The molecule has 0 saturated carbocycles. The number of anilines is 1. The fourth-order valence-electron chi connectivity index (χ4n) is 1.70. The second kappa shape index (κ2) is 3.75. The van der Waals surface area contributed by atoms with Crippen LogP contribution in [0.4, 0.5) is 10.1 Å². The minimum Gasteiger partial charge on any atom is -0.370 e. The highest BCUT2D eigenvalue weighted by Crippen LogP contribution is 2.24. The summed E-state index contributed by atoms with van der Waals surface area (Å²) in [7, 11) is 0. The molecular weight excluding hydrogens is 203 g/mol. The molecular formula is C10H12ClFN2. The molecule has 0 radical (unpaired) electrons. The highest BCUT2D eigenvalue weighted by molar-refractivity contribution is 6.31. The fourth-order valence-corrected chi connectivity index (χ4v) is 1.88. The monoisotopic (exact) mass is 214 g/mol. The summed E-state index contributed by atoms with van der Waals surface area (Å²) < 4.78 is 12.9. The Balaban J connectivity index is 2.20. The Labute approximate surface area is 87.5 Å². The zero-order valence-corrected chi connectivity index (χ0v) is 8.47. The van der Waals surface area contributed by atoms with Gasteiger partial charge in [-0.05, 0) is 24.6 Å². The van der Waals surface area contributed by atoms with Gasteiger partial charge in [0.15, 0.2) is 0 Å². The highest BCUT2D eigenvalue weighted by atomic mass is 35.5. The molecule has 0 spiro atoms. The van der Waals surface area contributed by atoms with Gasteiger partial charge in [-0.15, -0.1) is 0 Å². The summed E-state index contributed by atoms with van der Waals surface area (Å²) in [6, 6.07) is 4.99. The molecule has 1 aliphatic rings. The van der Waals surface area contributed by atoms with Crippen molar-refractivity contribution in [2.75, 3.05) is 18.0 Å². The van der Waals surface area contributed by atoms with Crippen molar-refractivity contribution >= 4 is 17.3 Å². The van der Waals surface area contributed by atoms with Crippen LogP contribution in [0.25, 0.3) is 0 Å². The maximum atomic E-state index is 12.9. The lowest BCUT2D eigenvalue weighted by atomic mass is 10.3. The molecule has 0 aliphatic carbocycles. The van der Waals surface area contributed by atoms with Gasteiger partial charge in [-0.1, -0.05) is 11.6 Å². The summed E-state index contributed by atoms with van der Waals surface area (Å²) in [6.45, 7) is 1.74. The largest absolute Gasteiger partial charge is 0.370 e. The summed E-state index contributed by atoms with van der Waals surface area (Å²) >= 11 is 5.70. The zero-order valence-electron chi connectivity index (χ0n) is 7.71. The van der Waals surface area contributed by atoms with E-state index >= 15 is 0 Å². The van der Waals surface area contributed by atoms with Crippen LogP contribution in [0.2, 0.25) is 5.02 Å². The van der Waals surface area contributed by atoms with Crippen molar-refractivity contribution in [3.8, 4) is 0 Å². The molecule has 76 valence electrons. The van der Waals surface area contributed by atoms with Gasteiger partial charge in [-0.3, -0.25) is 0 Å². The van der Waals surface area contributed by atoms with Crippen LogP contribution < -0.4 is 10.6 Å². The first-order valence-electron chi connectivity index (χ1n) is 4.62. The van der Waals surface area contributed by atoms with Crippen molar-refractivity contribution in [1.82, 2.24) is 0 Å². The van der Waals surface area contributed by atoms with E-state index in [-0.39, 0.29) is 16.9 Å². The Morgan fingerprint density at radius 2 is 2.29 bits per heavy atom. The lowest BCUT2D eigenvalue weighted by Gasteiger charge is -2.18. The summed E-state index contributed by atoms with van der Waals surface area (Å²) in [6.07, 6.45) is 0.981. The smallest absolute Gasteiger partial charge is 0.141 e. The van der Waals surface area contributed by atoms with Crippen molar-refractivity contribution in [3.63, 3.8) is 0 Å². The lowest BCUT2D eigenvalue weighted by Crippen LogP contribution is -2.26. The molecule has 0 unspecified atom stereocenters. The van der Waals surface area contributed by atoms with Gasteiger partial charge in [-0.2, -0.15) is 0 Å². The number of hydrogen-bond acceptors (Lipinski definition) is 2. The van der Waals surface area contributed by atoms with E-state index in [1.807, 2.05) is 0 Å². The molecule has 1 atom stereocenters. The number of hydrogen-bond donors (Lipinski definition) is 1. The number of rotatable bonds is 1. The quantitative estimate of drug-likeness (QED) is 0.775. The molecule has 1 heterocycles. The van der Waals surface area contributed by atoms with Gasteiger partial charge in [0.2, 0.25) is 0 Å². The van der Waals surface area contributed by atoms with E-state index in [4.69, 9.17) is 17.3 Å². The Bertz CT molecular complexity index is 343. The predicted molar refractivity (Wildman–Crippen MR) is 56.2 cm³/mol. The van der Waals surface area contributed by atoms with Crippen molar-refractivity contribution in [3.05, 3.63) is 29.0 Å². The van der Waals surface area contributed by atoms with Crippen LogP contribution >= 0.6 is 11.6 Å². The topological polar surface area (TPSA) is 29.3 Å². The van der Waals surface area contributed by atoms with Crippen LogP contribution in [0.15, 0.2) is 18.2 Å². The summed E-state index contributed by atoms with van der Waals surface area (Å²) in [5, 5.41) is 0.169. The molecule has 1 aromatic rings. The molecule has 0 bridgehead atoms. The number of halogens is 2. The number of nitrogens with zero attached hydrogens (tertiary/aromatic N) is 1. The van der Waals surface area contributed by atoms with E-state index in [0.717, 1.165) is 25.2 Å². The van der Waals surface area contributed by atoms with Crippen LogP contribution in [-0.2, 0) is 0 Å². The molecule has 1 aliphatic heterocycles. The molecule has 4 heteroatoms. The molecule has 14 heavy (non-hydrogen) atoms. The van der Waals surface area contributed by atoms with E-state index in [9.17, 15) is 4.39 Å². The Morgan fingerprint density at radius 1 is 1.50 bits per heavy atom. The van der Waals surface area contributed by atoms with Crippen molar-refractivity contribution in [2.24, 2.45) is 5.73 Å². The van der Waals surface area contributed by atoms with Crippen molar-refractivity contribution in [1.29, 1.82) is 0 Å². The SMILES string of the molecule is N[C@@H]1CCN(c2ccc(F)c(Cl)c2)C1. The van der Waals surface area contributed by atoms with Crippen molar-refractivity contribution < 1.29 is 4.39 Å². The minimum atomic E-state index is -0.376. The van der Waals surface area contributed by atoms with Gasteiger partial charge in [0.25, 0.3) is 0 Å². The summed E-state index contributed by atoms with van der Waals surface area (Å²) in [5.74, 6) is -0.376. The van der Waals surface area contributed by atoms with Gasteiger partial charge in [-0.25, -0.2) is 4.39 Å². The molecule has 0 aromatic heterocycles. The van der Waals surface area contributed by atoms with Gasteiger partial charge in [0.05, 0.1) is 5.02 Å². The lowest BCUT2D eigenvalue weighted by molar-refractivity contribution is 0.628. The van der Waals surface area contributed by atoms with Gasteiger partial charge >= 0.3 is 0 Å². The average Bonchev–Trinajstić information content (AvgIpc) is 2.57. The second-order valence-corrected chi connectivity index (χ2v) is 4.00. The summed E-state index contributed by atoms with van der Waals surface area (Å²) in [4.78, 5) is 2.12. The van der Waals surface area contributed by atoms with Crippen LogP contribution in [0.1, 0.15) is 6.42 Å². The molecule has 2 N–H and O–H groups in total. The van der Waals surface area contributed by atoms with Gasteiger partial charge < -0.3 is 10.6 Å². The van der Waals surface area contributed by atoms with E-state index in [1.54, 1.807) is 12.1 Å². The van der Waals surface area contributed by atoms with Crippen LogP contribution in [0.5, 0.6) is 0 Å². The third kappa shape index (κ3) is 1.83. The Kier molecular flexibility index (Phi) is 2.61. The first kappa shape index (κ1) is 9.74. The molecule has 1 fully saturated rings. The van der Waals surface area contributed by atoms with Gasteiger partial charge in [0.1, 0.15) is 5.82 Å². The van der Waals surface area contributed by atoms with Crippen molar-refractivity contribution in [2.45, 2.75) is 12.5 Å². The predicted octanol–water partition coefficient (Wildman–Crippen LogP) is 2.02. The molecule has 1 aromatic carbocycles. The van der Waals surface area contributed by atoms with E-state index in [2.05, 4.69) is 4.90 Å². The van der Waals surface area contributed by atoms with E-state index < -0.39 is 0 Å². The third-order valence-corrected chi connectivity index (χ3v) is 2.78. The highest BCUT2D eigenvalue weighted by Gasteiger charge is 2.19. The van der Waals surface area contributed by atoms with Crippen LogP contribution in [-0.4, -0.2) is 19.1 Å².